The molecule has 1 amide bonds. The third-order valence-corrected chi connectivity index (χ3v) is 7.32. The van der Waals surface area contributed by atoms with Gasteiger partial charge in [-0.15, -0.1) is 0 Å². The van der Waals surface area contributed by atoms with Crippen molar-refractivity contribution in [3.63, 3.8) is 0 Å². The maximum Gasteiger partial charge on any atom is 0.389 e. The van der Waals surface area contributed by atoms with E-state index < -0.39 is 35.4 Å². The van der Waals surface area contributed by atoms with E-state index in [0.29, 0.717) is 18.2 Å². The number of carbonyl (C=O) groups excluding carboxylic acids is 1. The first-order valence-corrected chi connectivity index (χ1v) is 11.0. The molecule has 174 valence electrons. The molecule has 1 aliphatic carbocycles. The van der Waals surface area contributed by atoms with E-state index in [1.54, 1.807) is 24.5 Å². The number of piperidine rings is 1. The van der Waals surface area contributed by atoms with Crippen molar-refractivity contribution < 1.29 is 23.1 Å². The molecule has 0 bridgehead atoms. The molecule has 3 heterocycles. The minimum Gasteiger partial charge on any atom is -0.387 e. The number of aliphatic hydroxyl groups is 1. The van der Waals surface area contributed by atoms with Crippen LogP contribution in [0.1, 0.15) is 45.4 Å². The van der Waals surface area contributed by atoms with Crippen LogP contribution in [0.5, 0.6) is 0 Å². The Hall–Kier alpha value is -2.42. The number of pyridine rings is 2. The number of hydrogen-bond acceptors (Lipinski definition) is 4. The molecule has 0 aromatic carbocycles. The number of hydrogen-bond donors (Lipinski definition) is 1. The summed E-state index contributed by atoms with van der Waals surface area (Å²) in [5, 5.41) is 13.0. The zero-order valence-corrected chi connectivity index (χ0v) is 18.1. The third kappa shape index (κ3) is 4.14. The van der Waals surface area contributed by atoms with Crippen LogP contribution in [-0.2, 0) is 11.3 Å². The fourth-order valence-corrected chi connectivity index (χ4v) is 5.56. The highest BCUT2D eigenvalue weighted by Crippen LogP contribution is 2.51. The van der Waals surface area contributed by atoms with Gasteiger partial charge in [0, 0.05) is 43.0 Å². The van der Waals surface area contributed by atoms with E-state index in [1.165, 1.54) is 22.6 Å². The summed E-state index contributed by atoms with van der Waals surface area (Å²) in [4.78, 5) is 31.3. The standard InChI is InChI=1S/C23H28F3N3O3/c1-16(12-23(24,25)26)19(30)29-11-8-22(32,21(14-29)6-2-3-7-21)15-28-10-5-17-4-9-27-13-18(17)20(28)31/h4-5,9-10,13,16,32H,2-3,6-8,11-12,14-15H2,1H3/t16-,22?/m1/s1. The summed E-state index contributed by atoms with van der Waals surface area (Å²) in [5.74, 6) is -1.68. The molecule has 0 radical (unpaired) electrons. The number of aromatic nitrogens is 2. The van der Waals surface area contributed by atoms with Gasteiger partial charge >= 0.3 is 6.18 Å². The molecule has 1 spiro atoms. The second-order valence-electron chi connectivity index (χ2n) is 9.46. The molecule has 1 saturated carbocycles. The van der Waals surface area contributed by atoms with Crippen molar-refractivity contribution in [3.8, 4) is 0 Å². The number of fused-ring (bicyclic) bond motifs is 1. The highest BCUT2D eigenvalue weighted by atomic mass is 19.4. The van der Waals surface area contributed by atoms with Crippen LogP contribution in [-0.4, -0.2) is 50.3 Å². The topological polar surface area (TPSA) is 75.4 Å². The summed E-state index contributed by atoms with van der Waals surface area (Å²) < 4.78 is 39.9. The largest absolute Gasteiger partial charge is 0.389 e. The molecule has 6 nitrogen and oxygen atoms in total. The number of likely N-dealkylation sites (tertiary alicyclic amines) is 1. The molecule has 1 N–H and O–H groups in total. The monoisotopic (exact) mass is 451 g/mol. The zero-order valence-electron chi connectivity index (χ0n) is 18.1. The fraction of sp³-hybridized carbons (Fsp3) is 0.609. The highest BCUT2D eigenvalue weighted by molar-refractivity contribution is 5.80. The lowest BCUT2D eigenvalue weighted by atomic mass is 9.65. The second kappa shape index (κ2) is 8.17. The Balaban J connectivity index is 1.59. The summed E-state index contributed by atoms with van der Waals surface area (Å²) >= 11 is 0. The van der Waals surface area contributed by atoms with E-state index in [1.807, 2.05) is 0 Å². The first kappa shape index (κ1) is 22.8. The van der Waals surface area contributed by atoms with Crippen molar-refractivity contribution >= 4 is 16.7 Å². The minimum atomic E-state index is -4.40. The van der Waals surface area contributed by atoms with Crippen LogP contribution in [0.25, 0.3) is 10.8 Å². The number of halogens is 3. The van der Waals surface area contributed by atoms with Crippen molar-refractivity contribution in [2.75, 3.05) is 13.1 Å². The molecule has 2 aliphatic rings. The molecular formula is C23H28F3N3O3. The summed E-state index contributed by atoms with van der Waals surface area (Å²) in [6.45, 7) is 1.77. The van der Waals surface area contributed by atoms with Crippen LogP contribution in [0.3, 0.4) is 0 Å². The van der Waals surface area contributed by atoms with Crippen molar-refractivity contribution in [1.29, 1.82) is 0 Å². The lowest BCUT2D eigenvalue weighted by Gasteiger charge is -2.52. The Morgan fingerprint density at radius 1 is 1.25 bits per heavy atom. The minimum absolute atomic E-state index is 0.0802. The number of amides is 1. The number of alkyl halides is 3. The smallest absolute Gasteiger partial charge is 0.387 e. The van der Waals surface area contributed by atoms with E-state index >= 15 is 0 Å². The van der Waals surface area contributed by atoms with Crippen molar-refractivity contribution in [2.45, 2.75) is 63.8 Å². The third-order valence-electron chi connectivity index (χ3n) is 7.32. The average molecular weight is 451 g/mol. The molecule has 1 unspecified atom stereocenters. The molecular weight excluding hydrogens is 423 g/mol. The van der Waals surface area contributed by atoms with E-state index in [9.17, 15) is 27.9 Å². The molecule has 1 aliphatic heterocycles. The van der Waals surface area contributed by atoms with Crippen molar-refractivity contribution in [2.24, 2.45) is 11.3 Å². The van der Waals surface area contributed by atoms with Gasteiger partial charge in [-0.25, -0.2) is 0 Å². The summed E-state index contributed by atoms with van der Waals surface area (Å²) in [7, 11) is 0. The Morgan fingerprint density at radius 2 is 1.97 bits per heavy atom. The van der Waals surface area contributed by atoms with E-state index in [4.69, 9.17) is 0 Å². The van der Waals surface area contributed by atoms with Gasteiger partial charge < -0.3 is 14.6 Å². The predicted molar refractivity (Wildman–Crippen MR) is 113 cm³/mol. The molecule has 32 heavy (non-hydrogen) atoms. The van der Waals surface area contributed by atoms with E-state index in [-0.39, 0.29) is 31.6 Å². The highest BCUT2D eigenvalue weighted by Gasteiger charge is 2.56. The maximum absolute atomic E-state index is 13.0. The summed E-state index contributed by atoms with van der Waals surface area (Å²) in [6, 6.07) is 3.56. The fourth-order valence-electron chi connectivity index (χ4n) is 5.56. The van der Waals surface area contributed by atoms with Crippen LogP contribution in [0.2, 0.25) is 0 Å². The Morgan fingerprint density at radius 3 is 2.66 bits per heavy atom. The quantitative estimate of drug-likeness (QED) is 0.772. The van der Waals surface area contributed by atoms with Gasteiger partial charge in [0.05, 0.1) is 24.0 Å². The number of rotatable bonds is 4. The van der Waals surface area contributed by atoms with Crippen LogP contribution in [0.15, 0.2) is 35.5 Å². The number of nitrogens with zero attached hydrogens (tertiary/aromatic N) is 3. The second-order valence-corrected chi connectivity index (χ2v) is 9.46. The van der Waals surface area contributed by atoms with Crippen molar-refractivity contribution in [3.05, 3.63) is 41.1 Å². The van der Waals surface area contributed by atoms with Gasteiger partial charge in [0.15, 0.2) is 0 Å². The molecule has 1 saturated heterocycles. The Labute approximate surface area is 184 Å². The number of carbonyl (C=O) groups is 1. The summed E-state index contributed by atoms with van der Waals surface area (Å²) in [6.07, 6.45) is 2.53. The predicted octanol–water partition coefficient (Wildman–Crippen LogP) is 3.51. The first-order chi connectivity index (χ1) is 15.0. The molecule has 2 aromatic heterocycles. The molecule has 2 fully saturated rings. The van der Waals surface area contributed by atoms with E-state index in [0.717, 1.165) is 18.2 Å². The SMILES string of the molecule is C[C@H](CC(F)(F)F)C(=O)N1CCC(O)(Cn2ccc3ccncc3c2=O)C2(CCCC2)C1. The van der Waals surface area contributed by atoms with Gasteiger partial charge in [-0.3, -0.25) is 14.6 Å². The van der Waals surface area contributed by atoms with Gasteiger partial charge in [-0.2, -0.15) is 13.2 Å². The first-order valence-electron chi connectivity index (χ1n) is 11.0. The van der Waals surface area contributed by atoms with Gasteiger partial charge in [-0.1, -0.05) is 19.8 Å². The van der Waals surface area contributed by atoms with Crippen LogP contribution >= 0.6 is 0 Å². The van der Waals surface area contributed by atoms with Gasteiger partial charge in [0.2, 0.25) is 5.91 Å². The Kier molecular flexibility index (Phi) is 5.81. The lowest BCUT2D eigenvalue weighted by molar-refractivity contribution is -0.172. The Bertz CT molecular complexity index is 1060. The summed E-state index contributed by atoms with van der Waals surface area (Å²) in [5.41, 5.74) is -2.11. The zero-order chi connectivity index (χ0) is 23.1. The normalized spacial score (nSPS) is 24.2. The average Bonchev–Trinajstić information content (AvgIpc) is 3.21. The van der Waals surface area contributed by atoms with Crippen LogP contribution in [0.4, 0.5) is 13.2 Å². The molecule has 2 aromatic rings. The van der Waals surface area contributed by atoms with Crippen LogP contribution < -0.4 is 5.56 Å². The van der Waals surface area contributed by atoms with Crippen LogP contribution in [0, 0.1) is 11.3 Å². The molecule has 9 heteroatoms. The molecule has 2 atom stereocenters. The van der Waals surface area contributed by atoms with Crippen molar-refractivity contribution in [1.82, 2.24) is 14.5 Å². The maximum atomic E-state index is 13.0. The molecule has 4 rings (SSSR count). The van der Waals surface area contributed by atoms with E-state index in [2.05, 4.69) is 4.98 Å². The van der Waals surface area contributed by atoms with Gasteiger partial charge in [-0.05, 0) is 36.8 Å². The van der Waals surface area contributed by atoms with Gasteiger partial charge in [0.1, 0.15) is 0 Å². The van der Waals surface area contributed by atoms with Gasteiger partial charge in [0.25, 0.3) is 5.56 Å². The lowest BCUT2D eigenvalue weighted by Crippen LogP contribution is -2.62.